The van der Waals surface area contributed by atoms with E-state index >= 15 is 0 Å². The summed E-state index contributed by atoms with van der Waals surface area (Å²) in [5.41, 5.74) is 6.01. The van der Waals surface area contributed by atoms with E-state index in [1.165, 1.54) is 41.7 Å². The van der Waals surface area contributed by atoms with Crippen LogP contribution in [0.2, 0.25) is 0 Å². The van der Waals surface area contributed by atoms with E-state index in [9.17, 15) is 15.0 Å². The first-order valence-corrected chi connectivity index (χ1v) is 9.25. The Morgan fingerprint density at radius 2 is 2.00 bits per heavy atom. The van der Waals surface area contributed by atoms with Gasteiger partial charge >= 0.3 is 0 Å². The summed E-state index contributed by atoms with van der Waals surface area (Å²) < 4.78 is 0. The number of carbonyl (C=O) groups is 1. The Labute approximate surface area is 161 Å². The monoisotopic (exact) mass is 381 g/mol. The molecule has 1 aromatic heterocycles. The van der Waals surface area contributed by atoms with Crippen LogP contribution in [0.25, 0.3) is 10.9 Å². The molecule has 3 N–H and O–H groups in total. The number of fused-ring (bicyclic) bond motifs is 1. The molecule has 6 nitrogen and oxygen atoms in total. The molecule has 0 aliphatic rings. The van der Waals surface area contributed by atoms with Crippen LogP contribution in [0.5, 0.6) is 11.5 Å². The minimum atomic E-state index is -0.280. The first kappa shape index (κ1) is 18.7. The number of hydrogen-bond donors (Lipinski definition) is 3. The van der Waals surface area contributed by atoms with Crippen LogP contribution in [0.15, 0.2) is 52.6 Å². The van der Waals surface area contributed by atoms with Crippen molar-refractivity contribution in [3.05, 3.63) is 59.2 Å². The van der Waals surface area contributed by atoms with E-state index in [-0.39, 0.29) is 23.2 Å². The molecule has 1 heterocycles. The lowest BCUT2D eigenvalue weighted by molar-refractivity contribution is -0.118. The predicted molar refractivity (Wildman–Crippen MR) is 107 cm³/mol. The fraction of sp³-hybridized carbons (Fsp3) is 0.150. The molecule has 0 fully saturated rings. The SMILES string of the molecule is Cc1ccc2nc(SCC(=O)N/N=C/c3ccc(O)cc3O)cc(C)c2c1. The summed E-state index contributed by atoms with van der Waals surface area (Å²) >= 11 is 1.33. The Balaban J connectivity index is 1.60. The van der Waals surface area contributed by atoms with Crippen LogP contribution in [0.1, 0.15) is 16.7 Å². The van der Waals surface area contributed by atoms with Gasteiger partial charge in [0.2, 0.25) is 5.91 Å². The molecule has 0 saturated carbocycles. The van der Waals surface area contributed by atoms with E-state index in [0.717, 1.165) is 21.5 Å². The van der Waals surface area contributed by atoms with Gasteiger partial charge in [-0.05, 0) is 49.7 Å². The topological polar surface area (TPSA) is 94.8 Å². The van der Waals surface area contributed by atoms with E-state index in [4.69, 9.17) is 0 Å². The molecule has 0 spiro atoms. The molecule has 138 valence electrons. The molecule has 1 amide bonds. The number of phenols is 2. The minimum absolute atomic E-state index is 0.0431. The van der Waals surface area contributed by atoms with Crippen LogP contribution in [0.3, 0.4) is 0 Å². The summed E-state index contributed by atoms with van der Waals surface area (Å²) in [5.74, 6) is -0.271. The van der Waals surface area contributed by atoms with Crippen LogP contribution in [0.4, 0.5) is 0 Å². The average molecular weight is 381 g/mol. The standard InChI is InChI=1S/C20H19N3O3S/c1-12-3-6-17-16(7-12)13(2)8-20(22-17)27-11-19(26)23-21-10-14-4-5-15(24)9-18(14)25/h3-10,24-25H,11H2,1-2H3,(H,23,26)/b21-10+. The normalized spacial score (nSPS) is 11.2. The summed E-state index contributed by atoms with van der Waals surface area (Å²) in [6, 6.07) is 12.2. The molecule has 2 aromatic carbocycles. The zero-order valence-corrected chi connectivity index (χ0v) is 15.7. The maximum absolute atomic E-state index is 12.0. The molecule has 3 aromatic rings. The van der Waals surface area contributed by atoms with Crippen LogP contribution in [-0.2, 0) is 4.79 Å². The molecule has 0 aliphatic heterocycles. The first-order valence-electron chi connectivity index (χ1n) is 8.27. The Hall–Kier alpha value is -3.06. The quantitative estimate of drug-likeness (QED) is 0.357. The van der Waals surface area contributed by atoms with Gasteiger partial charge < -0.3 is 10.2 Å². The maximum atomic E-state index is 12.0. The zero-order chi connectivity index (χ0) is 19.4. The van der Waals surface area contributed by atoms with Crippen molar-refractivity contribution in [2.75, 3.05) is 5.75 Å². The van der Waals surface area contributed by atoms with Crippen LogP contribution in [0, 0.1) is 13.8 Å². The van der Waals surface area contributed by atoms with E-state index in [1.807, 2.05) is 32.0 Å². The lowest BCUT2D eigenvalue weighted by Crippen LogP contribution is -2.19. The molecule has 0 saturated heterocycles. The third-order valence-corrected chi connectivity index (χ3v) is 4.82. The van der Waals surface area contributed by atoms with Crippen molar-refractivity contribution >= 4 is 34.8 Å². The van der Waals surface area contributed by atoms with Gasteiger partial charge in [-0.2, -0.15) is 5.10 Å². The number of phenolic OH excluding ortho intramolecular Hbond substituents is 2. The highest BCUT2D eigenvalue weighted by Gasteiger charge is 2.07. The largest absolute Gasteiger partial charge is 0.508 e. The van der Waals surface area contributed by atoms with Crippen molar-refractivity contribution < 1.29 is 15.0 Å². The minimum Gasteiger partial charge on any atom is -0.508 e. The highest BCUT2D eigenvalue weighted by molar-refractivity contribution is 7.99. The van der Waals surface area contributed by atoms with Crippen molar-refractivity contribution in [3.63, 3.8) is 0 Å². The molecule has 0 radical (unpaired) electrons. The van der Waals surface area contributed by atoms with Gasteiger partial charge in [-0.1, -0.05) is 23.4 Å². The number of nitrogens with zero attached hydrogens (tertiary/aromatic N) is 2. The summed E-state index contributed by atoms with van der Waals surface area (Å²) in [4.78, 5) is 16.5. The van der Waals surface area contributed by atoms with Gasteiger partial charge in [0.1, 0.15) is 11.5 Å². The second-order valence-corrected chi connectivity index (χ2v) is 7.12. The molecule has 27 heavy (non-hydrogen) atoms. The summed E-state index contributed by atoms with van der Waals surface area (Å²) in [6.07, 6.45) is 1.32. The number of amides is 1. The number of benzene rings is 2. The lowest BCUT2D eigenvalue weighted by atomic mass is 10.1. The number of pyridine rings is 1. The second-order valence-electron chi connectivity index (χ2n) is 6.12. The number of nitrogens with one attached hydrogen (secondary N) is 1. The number of carbonyl (C=O) groups excluding carboxylic acids is 1. The van der Waals surface area contributed by atoms with E-state index < -0.39 is 0 Å². The van der Waals surface area contributed by atoms with E-state index in [1.54, 1.807) is 0 Å². The van der Waals surface area contributed by atoms with E-state index in [2.05, 4.69) is 21.6 Å². The van der Waals surface area contributed by atoms with Crippen molar-refractivity contribution in [2.45, 2.75) is 18.9 Å². The molecule has 7 heteroatoms. The average Bonchev–Trinajstić information content (AvgIpc) is 2.62. The third kappa shape index (κ3) is 4.77. The van der Waals surface area contributed by atoms with Crippen molar-refractivity contribution in [2.24, 2.45) is 5.10 Å². The smallest absolute Gasteiger partial charge is 0.250 e. The summed E-state index contributed by atoms with van der Waals surface area (Å²) in [5, 5.41) is 24.6. The number of thioether (sulfide) groups is 1. The van der Waals surface area contributed by atoms with E-state index in [0.29, 0.717) is 5.56 Å². The Morgan fingerprint density at radius 1 is 1.19 bits per heavy atom. The zero-order valence-electron chi connectivity index (χ0n) is 14.9. The highest BCUT2D eigenvalue weighted by Crippen LogP contribution is 2.24. The summed E-state index contributed by atoms with van der Waals surface area (Å²) in [6.45, 7) is 4.08. The molecule has 0 aliphatic carbocycles. The van der Waals surface area contributed by atoms with Crippen molar-refractivity contribution in [1.29, 1.82) is 0 Å². The van der Waals surface area contributed by atoms with Crippen molar-refractivity contribution in [3.8, 4) is 11.5 Å². The number of hydrogen-bond acceptors (Lipinski definition) is 6. The van der Waals surface area contributed by atoms with Crippen LogP contribution in [-0.4, -0.2) is 33.1 Å². The fourth-order valence-electron chi connectivity index (χ4n) is 2.54. The molecule has 0 unspecified atom stereocenters. The van der Waals surface area contributed by atoms with Gasteiger partial charge in [0.15, 0.2) is 0 Å². The van der Waals surface area contributed by atoms with Gasteiger partial charge in [-0.3, -0.25) is 4.79 Å². The van der Waals surface area contributed by atoms with Gasteiger partial charge in [-0.15, -0.1) is 0 Å². The van der Waals surface area contributed by atoms with Gasteiger partial charge in [0, 0.05) is 17.0 Å². The summed E-state index contributed by atoms with van der Waals surface area (Å²) in [7, 11) is 0. The molecule has 3 rings (SSSR count). The van der Waals surface area contributed by atoms with Crippen LogP contribution < -0.4 is 5.43 Å². The van der Waals surface area contributed by atoms with Gasteiger partial charge in [0.25, 0.3) is 0 Å². The number of aromatic nitrogens is 1. The first-order chi connectivity index (χ1) is 12.9. The number of rotatable bonds is 5. The fourth-order valence-corrected chi connectivity index (χ4v) is 3.30. The molecular weight excluding hydrogens is 362 g/mol. The molecule has 0 atom stereocenters. The van der Waals surface area contributed by atoms with Crippen LogP contribution >= 0.6 is 11.8 Å². The Morgan fingerprint density at radius 3 is 2.78 bits per heavy atom. The molecular formula is C20H19N3O3S. The number of aryl methyl sites for hydroxylation is 2. The number of aromatic hydroxyl groups is 2. The molecule has 0 bridgehead atoms. The third-order valence-electron chi connectivity index (χ3n) is 3.91. The lowest BCUT2D eigenvalue weighted by Gasteiger charge is -2.07. The predicted octanol–water partition coefficient (Wildman–Crippen LogP) is 3.51. The van der Waals surface area contributed by atoms with Gasteiger partial charge in [0.05, 0.1) is 22.5 Å². The highest BCUT2D eigenvalue weighted by atomic mass is 32.2. The Bertz CT molecular complexity index is 1030. The van der Waals surface area contributed by atoms with Gasteiger partial charge in [-0.25, -0.2) is 10.4 Å². The maximum Gasteiger partial charge on any atom is 0.250 e. The van der Waals surface area contributed by atoms with Crippen molar-refractivity contribution in [1.82, 2.24) is 10.4 Å². The number of hydrazone groups is 1. The second kappa shape index (κ2) is 8.09. The Kier molecular flexibility index (Phi) is 5.61.